The Balaban J connectivity index is 2.49. The van der Waals surface area contributed by atoms with Crippen LogP contribution in [0.25, 0.3) is 0 Å². The zero-order valence-corrected chi connectivity index (χ0v) is 9.94. The lowest BCUT2D eigenvalue weighted by Gasteiger charge is -2.16. The number of rotatable bonds is 6. The van der Waals surface area contributed by atoms with Crippen molar-refractivity contribution in [3.8, 4) is 0 Å². The minimum absolute atomic E-state index is 0.0246. The molecule has 1 rings (SSSR count). The Kier molecular flexibility index (Phi) is 4.98. The van der Waals surface area contributed by atoms with Gasteiger partial charge in [0.05, 0.1) is 6.33 Å². The third-order valence-corrected chi connectivity index (χ3v) is 2.60. The number of carbonyl (C=O) groups excluding carboxylic acids is 1. The quantitative estimate of drug-likeness (QED) is 0.725. The van der Waals surface area contributed by atoms with Gasteiger partial charge in [-0.3, -0.25) is 4.79 Å². The lowest BCUT2D eigenvalue weighted by molar-refractivity contribution is -0.121. The molecule has 5 heteroatoms. The summed E-state index contributed by atoms with van der Waals surface area (Å²) >= 11 is 0. The molecule has 0 aromatic carbocycles. The number of carbonyl (C=O) groups is 1. The van der Waals surface area contributed by atoms with Crippen molar-refractivity contribution in [2.45, 2.75) is 32.2 Å². The van der Waals surface area contributed by atoms with Gasteiger partial charge in [-0.1, -0.05) is 6.92 Å². The highest BCUT2D eigenvalue weighted by Gasteiger charge is 2.12. The number of hydrogen-bond acceptors (Lipinski definition) is 3. The Hall–Kier alpha value is -1.36. The van der Waals surface area contributed by atoms with Crippen LogP contribution in [-0.4, -0.2) is 28.0 Å². The number of hydrogen-bond donors (Lipinski definition) is 2. The lowest BCUT2D eigenvalue weighted by atomic mass is 10.1. The molecule has 0 radical (unpaired) electrons. The summed E-state index contributed by atoms with van der Waals surface area (Å²) < 4.78 is 1.97. The Morgan fingerprint density at radius 1 is 1.69 bits per heavy atom. The Morgan fingerprint density at radius 2 is 2.44 bits per heavy atom. The third-order valence-electron chi connectivity index (χ3n) is 2.60. The molecule has 1 atom stereocenters. The highest BCUT2D eigenvalue weighted by atomic mass is 16.1. The fourth-order valence-corrected chi connectivity index (χ4v) is 1.56. The van der Waals surface area contributed by atoms with E-state index in [1.807, 2.05) is 17.8 Å². The first-order valence-corrected chi connectivity index (χ1v) is 5.62. The molecule has 5 nitrogen and oxygen atoms in total. The van der Waals surface area contributed by atoms with E-state index in [1.54, 1.807) is 6.33 Å². The predicted molar refractivity (Wildman–Crippen MR) is 62.8 cm³/mol. The maximum Gasteiger partial charge on any atom is 0.221 e. The zero-order chi connectivity index (χ0) is 12.0. The first-order valence-electron chi connectivity index (χ1n) is 5.62. The van der Waals surface area contributed by atoms with Gasteiger partial charge < -0.3 is 15.6 Å². The van der Waals surface area contributed by atoms with Crippen LogP contribution in [0.1, 0.15) is 25.5 Å². The van der Waals surface area contributed by atoms with Gasteiger partial charge in [0.15, 0.2) is 0 Å². The van der Waals surface area contributed by atoms with Gasteiger partial charge in [-0.2, -0.15) is 0 Å². The summed E-state index contributed by atoms with van der Waals surface area (Å²) in [6.45, 7) is 2.46. The average Bonchev–Trinajstić information content (AvgIpc) is 2.64. The number of amides is 1. The van der Waals surface area contributed by atoms with Gasteiger partial charge in [0.1, 0.15) is 0 Å². The van der Waals surface area contributed by atoms with Crippen LogP contribution in [0, 0.1) is 0 Å². The number of aryl methyl sites for hydroxylation is 1. The molecule has 1 amide bonds. The van der Waals surface area contributed by atoms with Crippen molar-refractivity contribution >= 4 is 5.91 Å². The molecule has 0 saturated heterocycles. The van der Waals surface area contributed by atoms with Crippen LogP contribution in [0.5, 0.6) is 0 Å². The molecule has 0 spiro atoms. The molecule has 0 unspecified atom stereocenters. The largest absolute Gasteiger partial charge is 0.353 e. The number of nitrogens with two attached hydrogens (primary N) is 1. The molecule has 0 fully saturated rings. The first kappa shape index (κ1) is 12.7. The molecular weight excluding hydrogens is 204 g/mol. The standard InChI is InChI=1S/C11H20N4O/c1-3-9(14-11(16)4-5-12)6-10-7-13-8-15(10)2/h7-9H,3-6,12H2,1-2H3,(H,14,16)/t9-/m1/s1. The molecule has 90 valence electrons. The van der Waals surface area contributed by atoms with E-state index in [-0.39, 0.29) is 11.9 Å². The molecule has 3 N–H and O–H groups in total. The van der Waals surface area contributed by atoms with Crippen LogP contribution in [0.2, 0.25) is 0 Å². The van der Waals surface area contributed by atoms with E-state index in [0.717, 1.165) is 18.5 Å². The maximum absolute atomic E-state index is 11.4. The van der Waals surface area contributed by atoms with Crippen LogP contribution in [0.4, 0.5) is 0 Å². The van der Waals surface area contributed by atoms with Crippen molar-refractivity contribution < 1.29 is 4.79 Å². The second kappa shape index (κ2) is 6.27. The molecule has 0 aliphatic carbocycles. The van der Waals surface area contributed by atoms with Crippen molar-refractivity contribution in [2.75, 3.05) is 6.54 Å². The molecule has 16 heavy (non-hydrogen) atoms. The van der Waals surface area contributed by atoms with E-state index < -0.39 is 0 Å². The van der Waals surface area contributed by atoms with Crippen molar-refractivity contribution in [1.29, 1.82) is 0 Å². The lowest BCUT2D eigenvalue weighted by Crippen LogP contribution is -2.37. The number of nitrogens with one attached hydrogen (secondary N) is 1. The SMILES string of the molecule is CC[C@H](Cc1cncn1C)NC(=O)CCN. The number of imidazole rings is 1. The normalized spacial score (nSPS) is 12.4. The topological polar surface area (TPSA) is 72.9 Å². The highest BCUT2D eigenvalue weighted by molar-refractivity contribution is 5.76. The Morgan fingerprint density at radius 3 is 2.94 bits per heavy atom. The first-order chi connectivity index (χ1) is 7.67. The van der Waals surface area contributed by atoms with Crippen molar-refractivity contribution in [3.63, 3.8) is 0 Å². The fourth-order valence-electron chi connectivity index (χ4n) is 1.56. The van der Waals surface area contributed by atoms with E-state index in [2.05, 4.69) is 17.2 Å². The van der Waals surface area contributed by atoms with Gasteiger partial charge in [-0.05, 0) is 6.42 Å². The van der Waals surface area contributed by atoms with Crippen molar-refractivity contribution in [2.24, 2.45) is 12.8 Å². The van der Waals surface area contributed by atoms with Gasteiger partial charge in [0, 0.05) is 44.4 Å². The average molecular weight is 224 g/mol. The summed E-state index contributed by atoms with van der Waals surface area (Å²) in [5, 5.41) is 2.97. The molecule has 1 aromatic heterocycles. The predicted octanol–water partition coefficient (Wildman–Crippen LogP) is 0.206. The minimum atomic E-state index is 0.0246. The molecular formula is C11H20N4O. The van der Waals surface area contributed by atoms with Gasteiger partial charge in [-0.25, -0.2) is 4.98 Å². The summed E-state index contributed by atoms with van der Waals surface area (Å²) in [6.07, 6.45) is 5.70. The van der Waals surface area contributed by atoms with Gasteiger partial charge in [0.25, 0.3) is 0 Å². The van der Waals surface area contributed by atoms with E-state index in [1.165, 1.54) is 0 Å². The smallest absolute Gasteiger partial charge is 0.221 e. The van der Waals surface area contributed by atoms with Crippen LogP contribution >= 0.6 is 0 Å². The van der Waals surface area contributed by atoms with E-state index in [0.29, 0.717) is 13.0 Å². The molecule has 0 aliphatic rings. The van der Waals surface area contributed by atoms with Gasteiger partial charge >= 0.3 is 0 Å². The van der Waals surface area contributed by atoms with E-state index in [4.69, 9.17) is 5.73 Å². The van der Waals surface area contributed by atoms with E-state index in [9.17, 15) is 4.79 Å². The minimum Gasteiger partial charge on any atom is -0.353 e. The Labute approximate surface area is 96.0 Å². The van der Waals surface area contributed by atoms with Crippen LogP contribution in [0.3, 0.4) is 0 Å². The zero-order valence-electron chi connectivity index (χ0n) is 9.94. The fraction of sp³-hybridized carbons (Fsp3) is 0.636. The summed E-state index contributed by atoms with van der Waals surface area (Å²) in [5.41, 5.74) is 6.46. The molecule has 1 heterocycles. The van der Waals surface area contributed by atoms with Crippen molar-refractivity contribution in [1.82, 2.24) is 14.9 Å². The highest BCUT2D eigenvalue weighted by Crippen LogP contribution is 2.04. The van der Waals surface area contributed by atoms with Gasteiger partial charge in [-0.15, -0.1) is 0 Å². The molecule has 0 bridgehead atoms. The summed E-state index contributed by atoms with van der Waals surface area (Å²) in [4.78, 5) is 15.5. The molecule has 0 saturated carbocycles. The van der Waals surface area contributed by atoms with Crippen LogP contribution in [-0.2, 0) is 18.3 Å². The summed E-state index contributed by atoms with van der Waals surface area (Å²) in [5.74, 6) is 0.0246. The number of nitrogens with zero attached hydrogens (tertiary/aromatic N) is 2. The van der Waals surface area contributed by atoms with Crippen LogP contribution in [0.15, 0.2) is 12.5 Å². The van der Waals surface area contributed by atoms with Crippen LogP contribution < -0.4 is 11.1 Å². The number of aromatic nitrogens is 2. The summed E-state index contributed by atoms with van der Waals surface area (Å²) in [6, 6.07) is 0.162. The van der Waals surface area contributed by atoms with Crippen molar-refractivity contribution in [3.05, 3.63) is 18.2 Å². The Bertz CT molecular complexity index is 334. The third kappa shape index (κ3) is 3.66. The maximum atomic E-state index is 11.4. The summed E-state index contributed by atoms with van der Waals surface area (Å²) in [7, 11) is 1.96. The van der Waals surface area contributed by atoms with Gasteiger partial charge in [0.2, 0.25) is 5.91 Å². The molecule has 0 aliphatic heterocycles. The molecule has 1 aromatic rings. The van der Waals surface area contributed by atoms with E-state index >= 15 is 0 Å². The second-order valence-corrected chi connectivity index (χ2v) is 3.91. The monoisotopic (exact) mass is 224 g/mol. The second-order valence-electron chi connectivity index (χ2n) is 3.91.